The van der Waals surface area contributed by atoms with Gasteiger partial charge in [0.1, 0.15) is 0 Å². The van der Waals surface area contributed by atoms with Crippen molar-refractivity contribution in [3.63, 3.8) is 0 Å². The molecule has 1 saturated carbocycles. The Morgan fingerprint density at radius 3 is 2.79 bits per heavy atom. The van der Waals surface area contributed by atoms with Crippen molar-refractivity contribution in [2.45, 2.75) is 39.2 Å². The van der Waals surface area contributed by atoms with Crippen LogP contribution in [0.25, 0.3) is 11.3 Å². The molecule has 0 aliphatic heterocycles. The van der Waals surface area contributed by atoms with Gasteiger partial charge in [-0.05, 0) is 36.6 Å². The Morgan fingerprint density at radius 2 is 2.17 bits per heavy atom. The molecule has 1 N–H and O–H groups in total. The number of alkyl halides is 2. The van der Waals surface area contributed by atoms with Crippen LogP contribution < -0.4 is 5.32 Å². The van der Waals surface area contributed by atoms with Gasteiger partial charge in [-0.15, -0.1) is 0 Å². The molecule has 0 atom stereocenters. The van der Waals surface area contributed by atoms with Gasteiger partial charge in [-0.3, -0.25) is 9.48 Å². The van der Waals surface area contributed by atoms with Crippen molar-refractivity contribution in [3.8, 4) is 11.3 Å². The molecule has 4 nitrogen and oxygen atoms in total. The van der Waals surface area contributed by atoms with E-state index in [1.54, 1.807) is 10.9 Å². The standard InChI is InChI=1S/C17H18BrF2N3O/c1-10-5-15(22-11(2)24)13(6-14(10)18)16-3-4-21-23(16)9-12-7-17(19,20)8-12/h3-6,12H,7-9H2,1-2H3,(H,22,24). The number of halogens is 3. The highest BCUT2D eigenvalue weighted by Crippen LogP contribution is 2.43. The van der Waals surface area contributed by atoms with Crippen LogP contribution in [0.1, 0.15) is 25.3 Å². The topological polar surface area (TPSA) is 46.9 Å². The first kappa shape index (κ1) is 17.1. The van der Waals surface area contributed by atoms with Crippen molar-refractivity contribution in [2.75, 3.05) is 5.32 Å². The van der Waals surface area contributed by atoms with Crippen LogP contribution in [-0.4, -0.2) is 21.6 Å². The predicted octanol–water partition coefficient (Wildman–Crippen LogP) is 4.62. The number of carbonyl (C=O) groups excluding carboxylic acids is 1. The molecule has 1 aromatic carbocycles. The van der Waals surface area contributed by atoms with Crippen molar-refractivity contribution in [3.05, 3.63) is 34.4 Å². The third-order valence-electron chi connectivity index (χ3n) is 4.21. The van der Waals surface area contributed by atoms with E-state index < -0.39 is 5.92 Å². The van der Waals surface area contributed by atoms with Crippen LogP contribution in [-0.2, 0) is 11.3 Å². The van der Waals surface area contributed by atoms with Crippen LogP contribution >= 0.6 is 15.9 Å². The molecule has 0 bridgehead atoms. The van der Waals surface area contributed by atoms with Crippen LogP contribution in [0.15, 0.2) is 28.9 Å². The maximum Gasteiger partial charge on any atom is 0.248 e. The highest BCUT2D eigenvalue weighted by atomic mass is 79.9. The molecule has 1 aliphatic carbocycles. The molecular weight excluding hydrogens is 380 g/mol. The first-order chi connectivity index (χ1) is 11.2. The molecule has 2 aromatic rings. The summed E-state index contributed by atoms with van der Waals surface area (Å²) in [6.45, 7) is 3.84. The van der Waals surface area contributed by atoms with Crippen LogP contribution in [0.2, 0.25) is 0 Å². The fourth-order valence-corrected chi connectivity index (χ4v) is 3.40. The van der Waals surface area contributed by atoms with E-state index in [9.17, 15) is 13.6 Å². The maximum absolute atomic E-state index is 13.1. The summed E-state index contributed by atoms with van der Waals surface area (Å²) in [6, 6.07) is 5.64. The van der Waals surface area contributed by atoms with E-state index >= 15 is 0 Å². The maximum atomic E-state index is 13.1. The average molecular weight is 398 g/mol. The number of aryl methyl sites for hydroxylation is 1. The van der Waals surface area contributed by atoms with Crippen molar-refractivity contribution in [1.82, 2.24) is 9.78 Å². The highest BCUT2D eigenvalue weighted by Gasteiger charge is 2.45. The lowest BCUT2D eigenvalue weighted by molar-refractivity contribution is -0.115. The number of nitrogens with zero attached hydrogens (tertiary/aromatic N) is 2. The molecule has 1 fully saturated rings. The summed E-state index contributed by atoms with van der Waals surface area (Å²) in [5.41, 5.74) is 3.29. The lowest BCUT2D eigenvalue weighted by Gasteiger charge is -2.35. The second-order valence-corrected chi connectivity index (χ2v) is 7.21. The summed E-state index contributed by atoms with van der Waals surface area (Å²) in [6.07, 6.45) is 1.46. The third kappa shape index (κ3) is 3.50. The molecule has 1 aliphatic rings. The van der Waals surface area contributed by atoms with Gasteiger partial charge in [0, 0.05) is 42.5 Å². The van der Waals surface area contributed by atoms with Gasteiger partial charge in [0.15, 0.2) is 0 Å². The molecular formula is C17H18BrF2N3O. The molecule has 7 heteroatoms. The number of hydrogen-bond acceptors (Lipinski definition) is 2. The Hall–Kier alpha value is -1.76. The summed E-state index contributed by atoms with van der Waals surface area (Å²) in [5, 5.41) is 7.11. The van der Waals surface area contributed by atoms with Crippen LogP contribution in [0.5, 0.6) is 0 Å². The van der Waals surface area contributed by atoms with E-state index in [1.807, 2.05) is 25.1 Å². The molecule has 0 saturated heterocycles. The van der Waals surface area contributed by atoms with E-state index in [2.05, 4.69) is 26.3 Å². The number of rotatable bonds is 4. The van der Waals surface area contributed by atoms with E-state index in [0.29, 0.717) is 12.2 Å². The number of anilines is 1. The predicted molar refractivity (Wildman–Crippen MR) is 92.1 cm³/mol. The molecule has 1 heterocycles. The van der Waals surface area contributed by atoms with Gasteiger partial charge in [-0.25, -0.2) is 8.78 Å². The fourth-order valence-electron chi connectivity index (χ4n) is 3.05. The lowest BCUT2D eigenvalue weighted by atomic mass is 9.81. The van der Waals surface area contributed by atoms with Gasteiger partial charge in [0.05, 0.1) is 11.4 Å². The number of benzene rings is 1. The second-order valence-electron chi connectivity index (χ2n) is 6.36. The van der Waals surface area contributed by atoms with Gasteiger partial charge in [-0.2, -0.15) is 5.10 Å². The summed E-state index contributed by atoms with van der Waals surface area (Å²) in [7, 11) is 0. The molecule has 0 radical (unpaired) electrons. The van der Waals surface area contributed by atoms with Crippen LogP contribution in [0, 0.1) is 12.8 Å². The Morgan fingerprint density at radius 1 is 1.46 bits per heavy atom. The fraction of sp³-hybridized carbons (Fsp3) is 0.412. The number of amides is 1. The normalized spacial score (nSPS) is 16.7. The molecule has 1 aromatic heterocycles. The van der Waals surface area contributed by atoms with Crippen molar-refractivity contribution in [2.24, 2.45) is 5.92 Å². The number of hydrogen-bond donors (Lipinski definition) is 1. The summed E-state index contributed by atoms with van der Waals surface area (Å²) >= 11 is 3.51. The second kappa shape index (κ2) is 6.27. The Bertz CT molecular complexity index is 780. The molecule has 1 amide bonds. The average Bonchev–Trinajstić information content (AvgIpc) is 2.88. The highest BCUT2D eigenvalue weighted by molar-refractivity contribution is 9.10. The quantitative estimate of drug-likeness (QED) is 0.817. The molecule has 24 heavy (non-hydrogen) atoms. The Labute approximate surface area is 147 Å². The summed E-state index contributed by atoms with van der Waals surface area (Å²) in [4.78, 5) is 11.5. The minimum Gasteiger partial charge on any atom is -0.326 e. The van der Waals surface area contributed by atoms with Crippen molar-refractivity contribution < 1.29 is 13.6 Å². The lowest BCUT2D eigenvalue weighted by Crippen LogP contribution is -2.37. The van der Waals surface area contributed by atoms with E-state index in [1.165, 1.54) is 6.92 Å². The summed E-state index contributed by atoms with van der Waals surface area (Å²) < 4.78 is 28.8. The van der Waals surface area contributed by atoms with E-state index in [0.717, 1.165) is 21.3 Å². The van der Waals surface area contributed by atoms with E-state index in [-0.39, 0.29) is 24.7 Å². The minimum atomic E-state index is -2.54. The first-order valence-electron chi connectivity index (χ1n) is 7.73. The largest absolute Gasteiger partial charge is 0.326 e. The molecule has 3 rings (SSSR count). The van der Waals surface area contributed by atoms with Gasteiger partial charge in [-0.1, -0.05) is 15.9 Å². The van der Waals surface area contributed by atoms with Gasteiger partial charge >= 0.3 is 0 Å². The van der Waals surface area contributed by atoms with Gasteiger partial charge < -0.3 is 5.32 Å². The molecule has 0 unspecified atom stereocenters. The first-order valence-corrected chi connectivity index (χ1v) is 8.52. The van der Waals surface area contributed by atoms with Crippen molar-refractivity contribution >= 4 is 27.5 Å². The van der Waals surface area contributed by atoms with E-state index in [4.69, 9.17) is 0 Å². The van der Waals surface area contributed by atoms with Crippen LogP contribution in [0.3, 0.4) is 0 Å². The van der Waals surface area contributed by atoms with Crippen LogP contribution in [0.4, 0.5) is 14.5 Å². The minimum absolute atomic E-state index is 0.0724. The monoisotopic (exact) mass is 397 g/mol. The zero-order valence-corrected chi connectivity index (χ0v) is 15.0. The number of aromatic nitrogens is 2. The zero-order chi connectivity index (χ0) is 17.5. The van der Waals surface area contributed by atoms with Gasteiger partial charge in [0.25, 0.3) is 0 Å². The smallest absolute Gasteiger partial charge is 0.248 e. The zero-order valence-electron chi connectivity index (χ0n) is 13.4. The summed E-state index contributed by atoms with van der Waals surface area (Å²) in [5.74, 6) is -2.77. The number of nitrogens with one attached hydrogen (secondary N) is 1. The Kier molecular flexibility index (Phi) is 4.46. The van der Waals surface area contributed by atoms with Crippen molar-refractivity contribution in [1.29, 1.82) is 0 Å². The SMILES string of the molecule is CC(=O)Nc1cc(C)c(Br)cc1-c1ccnn1CC1CC(F)(F)C1. The molecule has 128 valence electrons. The van der Waals surface area contributed by atoms with Gasteiger partial charge in [0.2, 0.25) is 11.8 Å². The number of carbonyl (C=O) groups is 1. The molecule has 0 spiro atoms. The Balaban J connectivity index is 1.93. The third-order valence-corrected chi connectivity index (χ3v) is 5.06.